The number of nitrogens with zero attached hydrogens (tertiary/aromatic N) is 4. The molecular formula is C9H9ClN4O2. The van der Waals surface area contributed by atoms with E-state index >= 15 is 0 Å². The molecule has 0 atom stereocenters. The van der Waals surface area contributed by atoms with Crippen LogP contribution >= 0.6 is 11.6 Å². The molecule has 6 nitrogen and oxygen atoms in total. The molecule has 1 heterocycles. The minimum Gasteiger partial charge on any atom is -0.303 e. The highest BCUT2D eigenvalue weighted by atomic mass is 35.5. The molecule has 0 fully saturated rings. The van der Waals surface area contributed by atoms with Crippen LogP contribution in [0.3, 0.4) is 0 Å². The van der Waals surface area contributed by atoms with E-state index in [1.807, 2.05) is 0 Å². The topological polar surface area (TPSA) is 64.2 Å². The fourth-order valence-electron chi connectivity index (χ4n) is 1.41. The van der Waals surface area contributed by atoms with Gasteiger partial charge in [0.1, 0.15) is 5.02 Å². The van der Waals surface area contributed by atoms with Crippen molar-refractivity contribution >= 4 is 28.2 Å². The van der Waals surface area contributed by atoms with Crippen LogP contribution < -0.4 is 5.01 Å². The summed E-state index contributed by atoms with van der Waals surface area (Å²) in [7, 11) is 3.58. The molecule has 16 heavy (non-hydrogen) atoms. The second-order valence-electron chi connectivity index (χ2n) is 3.49. The van der Waals surface area contributed by atoms with Crippen molar-refractivity contribution in [2.45, 2.75) is 0 Å². The Labute approximate surface area is 96.1 Å². The molecule has 2 rings (SSSR count). The molecule has 84 valence electrons. The summed E-state index contributed by atoms with van der Waals surface area (Å²) in [6, 6.07) is 3.21. The highest BCUT2D eigenvalue weighted by Crippen LogP contribution is 2.31. The predicted octanol–water partition coefficient (Wildman–Crippen LogP) is 1.80. The molecule has 0 amide bonds. The molecule has 0 aliphatic rings. The molecule has 2 aromatic rings. The third kappa shape index (κ3) is 1.57. The number of nitro groups is 1. The average Bonchev–Trinajstić information content (AvgIpc) is 2.60. The van der Waals surface area contributed by atoms with Crippen LogP contribution in [-0.2, 0) is 0 Å². The Morgan fingerprint density at radius 2 is 2.19 bits per heavy atom. The summed E-state index contributed by atoms with van der Waals surface area (Å²) in [6.45, 7) is 0. The van der Waals surface area contributed by atoms with Crippen molar-refractivity contribution in [3.05, 3.63) is 33.5 Å². The summed E-state index contributed by atoms with van der Waals surface area (Å²) < 4.78 is 0. The Morgan fingerprint density at radius 3 is 2.75 bits per heavy atom. The van der Waals surface area contributed by atoms with E-state index in [9.17, 15) is 10.1 Å². The van der Waals surface area contributed by atoms with Crippen LogP contribution in [0.15, 0.2) is 18.3 Å². The van der Waals surface area contributed by atoms with Gasteiger partial charge in [-0.25, -0.2) is 0 Å². The fourth-order valence-corrected chi connectivity index (χ4v) is 1.64. The monoisotopic (exact) mass is 240 g/mol. The third-order valence-corrected chi connectivity index (χ3v) is 2.49. The van der Waals surface area contributed by atoms with Gasteiger partial charge >= 0.3 is 5.69 Å². The lowest BCUT2D eigenvalue weighted by Crippen LogP contribution is -2.24. The highest BCUT2D eigenvalue weighted by Gasteiger charge is 2.20. The lowest BCUT2D eigenvalue weighted by molar-refractivity contribution is -0.383. The van der Waals surface area contributed by atoms with Gasteiger partial charge in [-0.15, -0.1) is 5.10 Å². The van der Waals surface area contributed by atoms with Crippen molar-refractivity contribution in [3.8, 4) is 0 Å². The van der Waals surface area contributed by atoms with Crippen molar-refractivity contribution in [2.75, 3.05) is 19.1 Å². The van der Waals surface area contributed by atoms with Crippen LogP contribution in [0.25, 0.3) is 10.9 Å². The number of halogens is 1. The molecule has 0 N–H and O–H groups in total. The van der Waals surface area contributed by atoms with Gasteiger partial charge < -0.3 is 5.01 Å². The van der Waals surface area contributed by atoms with E-state index in [1.54, 1.807) is 31.4 Å². The first-order chi connectivity index (χ1) is 7.50. The molecule has 0 saturated heterocycles. The molecule has 1 aromatic carbocycles. The van der Waals surface area contributed by atoms with Gasteiger partial charge in [-0.3, -0.25) is 10.1 Å². The Balaban J connectivity index is 2.77. The molecule has 0 saturated carbocycles. The second-order valence-corrected chi connectivity index (χ2v) is 3.89. The zero-order valence-corrected chi connectivity index (χ0v) is 9.47. The zero-order valence-electron chi connectivity index (χ0n) is 8.72. The van der Waals surface area contributed by atoms with Gasteiger partial charge in [0.25, 0.3) is 0 Å². The van der Waals surface area contributed by atoms with Crippen molar-refractivity contribution in [1.82, 2.24) is 9.89 Å². The van der Waals surface area contributed by atoms with Crippen molar-refractivity contribution in [1.29, 1.82) is 0 Å². The molecule has 1 aromatic heterocycles. The maximum absolute atomic E-state index is 10.9. The Bertz CT molecular complexity index is 564. The number of fused-ring (bicyclic) bond motifs is 1. The zero-order chi connectivity index (χ0) is 11.9. The van der Waals surface area contributed by atoms with Crippen molar-refractivity contribution in [3.63, 3.8) is 0 Å². The maximum Gasteiger partial charge on any atom is 0.315 e. The van der Waals surface area contributed by atoms with E-state index in [1.165, 1.54) is 10.9 Å². The van der Waals surface area contributed by atoms with Gasteiger partial charge in [-0.1, -0.05) is 11.6 Å². The van der Waals surface area contributed by atoms with Crippen molar-refractivity contribution in [2.24, 2.45) is 0 Å². The Morgan fingerprint density at radius 1 is 1.50 bits per heavy atom. The van der Waals surface area contributed by atoms with E-state index in [0.29, 0.717) is 10.9 Å². The van der Waals surface area contributed by atoms with Crippen molar-refractivity contribution < 1.29 is 4.92 Å². The molecule has 0 aliphatic heterocycles. The summed E-state index contributed by atoms with van der Waals surface area (Å²) in [5.74, 6) is 0. The predicted molar refractivity (Wildman–Crippen MR) is 61.5 cm³/mol. The summed E-state index contributed by atoms with van der Waals surface area (Å²) >= 11 is 5.78. The van der Waals surface area contributed by atoms with E-state index < -0.39 is 4.92 Å². The van der Waals surface area contributed by atoms with Gasteiger partial charge in [-0.2, -0.15) is 4.79 Å². The first kappa shape index (κ1) is 10.7. The number of hydrogen-bond donors (Lipinski definition) is 0. The minimum absolute atomic E-state index is 0.0986. The van der Waals surface area contributed by atoms with Crippen LogP contribution in [0, 0.1) is 10.1 Å². The first-order valence-corrected chi connectivity index (χ1v) is 4.88. The van der Waals surface area contributed by atoms with Gasteiger partial charge in [0.05, 0.1) is 11.1 Å². The van der Waals surface area contributed by atoms with Gasteiger partial charge in [0.2, 0.25) is 0 Å². The molecule has 0 spiro atoms. The summed E-state index contributed by atoms with van der Waals surface area (Å²) in [6.07, 6.45) is 1.71. The normalized spacial score (nSPS) is 10.7. The Kier molecular flexibility index (Phi) is 2.43. The van der Waals surface area contributed by atoms with E-state index in [2.05, 4.69) is 5.10 Å². The molecule has 7 heteroatoms. The van der Waals surface area contributed by atoms with Crippen LogP contribution in [0.4, 0.5) is 5.69 Å². The number of rotatable bonds is 2. The number of nitro benzene ring substituents is 1. The minimum atomic E-state index is -0.516. The quantitative estimate of drug-likeness (QED) is 0.593. The summed E-state index contributed by atoms with van der Waals surface area (Å²) in [4.78, 5) is 11.9. The van der Waals surface area contributed by atoms with E-state index in [-0.39, 0.29) is 10.7 Å². The SMILES string of the molecule is CN(C)n1cc2ccc(Cl)c([N+](=O)[O-])c2n1. The van der Waals surface area contributed by atoms with Gasteiger partial charge in [-0.05, 0) is 12.1 Å². The van der Waals surface area contributed by atoms with E-state index in [0.717, 1.165) is 0 Å². The number of benzene rings is 1. The molecule has 0 radical (unpaired) electrons. The summed E-state index contributed by atoms with van der Waals surface area (Å²) in [5, 5.41) is 17.5. The van der Waals surface area contributed by atoms with Crippen LogP contribution in [0.1, 0.15) is 0 Å². The second kappa shape index (κ2) is 3.64. The van der Waals surface area contributed by atoms with Gasteiger partial charge in [0.15, 0.2) is 5.52 Å². The van der Waals surface area contributed by atoms with Gasteiger partial charge in [0, 0.05) is 19.5 Å². The van der Waals surface area contributed by atoms with Crippen LogP contribution in [-0.4, -0.2) is 28.9 Å². The average molecular weight is 241 g/mol. The molecule has 0 unspecified atom stereocenters. The van der Waals surface area contributed by atoms with Crippen LogP contribution in [0.5, 0.6) is 0 Å². The maximum atomic E-state index is 10.9. The first-order valence-electron chi connectivity index (χ1n) is 4.50. The lowest BCUT2D eigenvalue weighted by Gasteiger charge is -2.10. The number of aromatic nitrogens is 2. The van der Waals surface area contributed by atoms with E-state index in [4.69, 9.17) is 11.6 Å². The largest absolute Gasteiger partial charge is 0.315 e. The lowest BCUT2D eigenvalue weighted by atomic mass is 10.2. The third-order valence-electron chi connectivity index (χ3n) is 2.18. The highest BCUT2D eigenvalue weighted by molar-refractivity contribution is 6.34. The standard InChI is InChI=1S/C9H9ClN4O2/c1-12(2)13-5-6-3-4-7(10)9(14(15)16)8(6)11-13/h3-5H,1-2H3. The molecular weight excluding hydrogens is 232 g/mol. The summed E-state index contributed by atoms with van der Waals surface area (Å²) in [5.41, 5.74) is 0.144. The fraction of sp³-hybridized carbons (Fsp3) is 0.222. The molecule has 0 aliphatic carbocycles. The number of hydrogen-bond acceptors (Lipinski definition) is 4. The smallest absolute Gasteiger partial charge is 0.303 e. The Hall–Kier alpha value is -1.82. The molecule has 0 bridgehead atoms. The van der Waals surface area contributed by atoms with Crippen LogP contribution in [0.2, 0.25) is 5.02 Å².